The van der Waals surface area contributed by atoms with Crippen LogP contribution >= 0.6 is 27.5 Å². The van der Waals surface area contributed by atoms with Gasteiger partial charge in [0.15, 0.2) is 0 Å². The third kappa shape index (κ3) is 6.94. The number of carbonyl (C=O) groups is 2. The van der Waals surface area contributed by atoms with E-state index in [9.17, 15) is 9.59 Å². The molecule has 0 aliphatic carbocycles. The molecule has 32 heavy (non-hydrogen) atoms. The van der Waals surface area contributed by atoms with Gasteiger partial charge in [-0.15, -0.1) is 0 Å². The van der Waals surface area contributed by atoms with Crippen molar-refractivity contribution in [1.82, 2.24) is 10.2 Å². The summed E-state index contributed by atoms with van der Waals surface area (Å²) in [4.78, 5) is 28.3. The summed E-state index contributed by atoms with van der Waals surface area (Å²) in [5.41, 5.74) is 2.76. The number of benzene rings is 3. The summed E-state index contributed by atoms with van der Waals surface area (Å²) >= 11 is 9.62. The van der Waals surface area contributed by atoms with Gasteiger partial charge in [0.25, 0.3) is 0 Å². The molecule has 3 aromatic rings. The van der Waals surface area contributed by atoms with E-state index >= 15 is 0 Å². The molecule has 3 rings (SSSR count). The highest BCUT2D eigenvalue weighted by molar-refractivity contribution is 9.10. The molecule has 3 aromatic carbocycles. The van der Waals surface area contributed by atoms with Crippen molar-refractivity contribution in [2.45, 2.75) is 32.4 Å². The molecule has 1 N–H and O–H groups in total. The molecule has 0 heterocycles. The normalized spacial score (nSPS) is 11.6. The summed E-state index contributed by atoms with van der Waals surface area (Å²) in [7, 11) is 0. The van der Waals surface area contributed by atoms with E-state index in [0.717, 1.165) is 21.2 Å². The number of nitrogens with zero attached hydrogens (tertiary/aromatic N) is 1. The van der Waals surface area contributed by atoms with Gasteiger partial charge in [0.2, 0.25) is 11.8 Å². The van der Waals surface area contributed by atoms with Gasteiger partial charge >= 0.3 is 0 Å². The van der Waals surface area contributed by atoms with Gasteiger partial charge in [-0.1, -0.05) is 82.1 Å². The predicted octanol–water partition coefficient (Wildman–Crippen LogP) is 5.42. The Morgan fingerprint density at radius 3 is 2.31 bits per heavy atom. The minimum absolute atomic E-state index is 0.126. The fourth-order valence-corrected chi connectivity index (χ4v) is 4.26. The molecule has 0 fully saturated rings. The zero-order chi connectivity index (χ0) is 22.9. The first kappa shape index (κ1) is 24.0. The topological polar surface area (TPSA) is 49.4 Å². The Labute approximate surface area is 202 Å². The van der Waals surface area contributed by atoms with E-state index in [1.54, 1.807) is 17.0 Å². The van der Waals surface area contributed by atoms with Crippen LogP contribution < -0.4 is 5.32 Å². The van der Waals surface area contributed by atoms with Crippen LogP contribution in [0.5, 0.6) is 0 Å². The van der Waals surface area contributed by atoms with E-state index in [4.69, 9.17) is 11.6 Å². The molecule has 166 valence electrons. The number of nitrogens with one attached hydrogen (secondary N) is 1. The van der Waals surface area contributed by atoms with Crippen molar-refractivity contribution in [2.24, 2.45) is 0 Å². The van der Waals surface area contributed by atoms with Gasteiger partial charge < -0.3 is 10.2 Å². The van der Waals surface area contributed by atoms with Crippen molar-refractivity contribution in [3.8, 4) is 0 Å². The molecule has 0 aliphatic rings. The van der Waals surface area contributed by atoms with Crippen LogP contribution in [0.15, 0.2) is 83.3 Å². The molecule has 0 aliphatic heterocycles. The van der Waals surface area contributed by atoms with Gasteiger partial charge in [-0.2, -0.15) is 0 Å². The molecule has 0 bridgehead atoms. The lowest BCUT2D eigenvalue weighted by Crippen LogP contribution is -2.50. The molecule has 4 nitrogen and oxygen atoms in total. The standard InChI is InChI=1S/C26H26BrClN2O2/c1-2-29-26(32)24(16-19-8-4-3-5-9-19)30(18-21-11-6-12-22(27)14-21)25(31)17-20-10-7-13-23(28)15-20/h3-15,24H,2,16-18H2,1H3,(H,29,32). The number of carbonyl (C=O) groups excluding carboxylic acids is 2. The van der Waals surface area contributed by atoms with Gasteiger partial charge in [-0.05, 0) is 47.9 Å². The number of rotatable bonds is 9. The van der Waals surface area contributed by atoms with Crippen LogP contribution in [0.3, 0.4) is 0 Å². The van der Waals surface area contributed by atoms with Crippen LogP contribution in [0.1, 0.15) is 23.6 Å². The lowest BCUT2D eigenvalue weighted by molar-refractivity contribution is -0.140. The fourth-order valence-electron chi connectivity index (χ4n) is 3.60. The number of halogens is 2. The quantitative estimate of drug-likeness (QED) is 0.415. The summed E-state index contributed by atoms with van der Waals surface area (Å²) in [5.74, 6) is -0.287. The Morgan fingerprint density at radius 1 is 0.938 bits per heavy atom. The molecule has 0 saturated carbocycles. The first-order valence-electron chi connectivity index (χ1n) is 10.6. The zero-order valence-corrected chi connectivity index (χ0v) is 20.3. The van der Waals surface area contributed by atoms with E-state index in [-0.39, 0.29) is 18.2 Å². The first-order valence-corrected chi connectivity index (χ1v) is 11.7. The molecule has 6 heteroatoms. The highest BCUT2D eigenvalue weighted by atomic mass is 79.9. The third-order valence-corrected chi connectivity index (χ3v) is 5.84. The molecule has 0 aromatic heterocycles. The number of likely N-dealkylation sites (N-methyl/N-ethyl adjacent to an activating group) is 1. The van der Waals surface area contributed by atoms with Gasteiger partial charge in [0, 0.05) is 29.0 Å². The van der Waals surface area contributed by atoms with Crippen LogP contribution in [0.25, 0.3) is 0 Å². The molecule has 1 unspecified atom stereocenters. The Morgan fingerprint density at radius 2 is 1.62 bits per heavy atom. The minimum Gasteiger partial charge on any atom is -0.355 e. The van der Waals surface area contributed by atoms with E-state index < -0.39 is 6.04 Å². The van der Waals surface area contributed by atoms with Crippen LogP contribution in [0.2, 0.25) is 5.02 Å². The molecule has 1 atom stereocenters. The fraction of sp³-hybridized carbons (Fsp3) is 0.231. The second-order valence-electron chi connectivity index (χ2n) is 7.56. The summed E-state index contributed by atoms with van der Waals surface area (Å²) < 4.78 is 0.926. The van der Waals surface area contributed by atoms with Gasteiger partial charge in [-0.3, -0.25) is 9.59 Å². The van der Waals surface area contributed by atoms with Crippen molar-refractivity contribution < 1.29 is 9.59 Å². The van der Waals surface area contributed by atoms with Gasteiger partial charge in [0.05, 0.1) is 6.42 Å². The summed E-state index contributed by atoms with van der Waals surface area (Å²) in [6, 6.07) is 24.2. The van der Waals surface area contributed by atoms with E-state index in [1.165, 1.54) is 0 Å². The lowest BCUT2D eigenvalue weighted by Gasteiger charge is -2.31. The summed E-state index contributed by atoms with van der Waals surface area (Å²) in [6.07, 6.45) is 0.598. The van der Waals surface area contributed by atoms with E-state index in [1.807, 2.05) is 73.7 Å². The Bertz CT molecular complexity index is 1060. The monoisotopic (exact) mass is 512 g/mol. The first-order chi connectivity index (χ1) is 15.5. The number of amides is 2. The molecule has 0 spiro atoms. The lowest BCUT2D eigenvalue weighted by atomic mass is 10.0. The third-order valence-electron chi connectivity index (χ3n) is 5.11. The second kappa shape index (κ2) is 11.8. The van der Waals surface area contributed by atoms with Crippen LogP contribution in [0, 0.1) is 0 Å². The number of hydrogen-bond acceptors (Lipinski definition) is 2. The van der Waals surface area contributed by atoms with E-state index in [0.29, 0.717) is 24.5 Å². The number of hydrogen-bond donors (Lipinski definition) is 1. The summed E-state index contributed by atoms with van der Waals surface area (Å²) in [6.45, 7) is 2.70. The van der Waals surface area contributed by atoms with Crippen molar-refractivity contribution in [2.75, 3.05) is 6.54 Å². The van der Waals surface area contributed by atoms with Crippen LogP contribution in [0.4, 0.5) is 0 Å². The zero-order valence-electron chi connectivity index (χ0n) is 17.9. The maximum atomic E-state index is 13.5. The van der Waals surface area contributed by atoms with E-state index in [2.05, 4.69) is 21.2 Å². The minimum atomic E-state index is -0.636. The maximum Gasteiger partial charge on any atom is 0.243 e. The Hall–Kier alpha value is -2.63. The average Bonchev–Trinajstić information content (AvgIpc) is 2.77. The van der Waals surface area contributed by atoms with Crippen LogP contribution in [-0.2, 0) is 29.0 Å². The molecule has 2 amide bonds. The predicted molar refractivity (Wildman–Crippen MR) is 132 cm³/mol. The smallest absolute Gasteiger partial charge is 0.243 e. The largest absolute Gasteiger partial charge is 0.355 e. The SMILES string of the molecule is CCNC(=O)C(Cc1ccccc1)N(Cc1cccc(Br)c1)C(=O)Cc1cccc(Cl)c1. The Balaban J connectivity index is 1.95. The molecular weight excluding hydrogens is 488 g/mol. The summed E-state index contributed by atoms with van der Waals surface area (Å²) in [5, 5.41) is 3.49. The Kier molecular flexibility index (Phi) is 8.89. The average molecular weight is 514 g/mol. The second-order valence-corrected chi connectivity index (χ2v) is 8.91. The van der Waals surface area contributed by atoms with Gasteiger partial charge in [0.1, 0.15) is 6.04 Å². The van der Waals surface area contributed by atoms with Crippen LogP contribution in [-0.4, -0.2) is 29.3 Å². The van der Waals surface area contributed by atoms with Gasteiger partial charge in [-0.25, -0.2) is 0 Å². The maximum absolute atomic E-state index is 13.5. The molecular formula is C26H26BrClN2O2. The highest BCUT2D eigenvalue weighted by Crippen LogP contribution is 2.20. The highest BCUT2D eigenvalue weighted by Gasteiger charge is 2.30. The van der Waals surface area contributed by atoms with Crippen molar-refractivity contribution >= 4 is 39.3 Å². The van der Waals surface area contributed by atoms with Crippen molar-refractivity contribution in [3.05, 3.63) is 105 Å². The molecule has 0 saturated heterocycles. The van der Waals surface area contributed by atoms with Crippen molar-refractivity contribution in [1.29, 1.82) is 0 Å². The van der Waals surface area contributed by atoms with Crippen molar-refractivity contribution in [3.63, 3.8) is 0 Å². The molecule has 0 radical (unpaired) electrons.